The van der Waals surface area contributed by atoms with Crippen LogP contribution in [0.15, 0.2) is 16.7 Å². The predicted molar refractivity (Wildman–Crippen MR) is 53.6 cm³/mol. The van der Waals surface area contributed by atoms with Crippen LogP contribution >= 0.6 is 15.9 Å². The summed E-state index contributed by atoms with van der Waals surface area (Å²) in [7, 11) is 0. The smallest absolute Gasteiger partial charge is 0.218 e. The van der Waals surface area contributed by atoms with Gasteiger partial charge in [0.2, 0.25) is 5.88 Å². The lowest BCUT2D eigenvalue weighted by Crippen LogP contribution is -2.01. The van der Waals surface area contributed by atoms with Gasteiger partial charge in [-0.3, -0.25) is 0 Å². The highest BCUT2D eigenvalue weighted by atomic mass is 79.9. The van der Waals surface area contributed by atoms with Gasteiger partial charge in [0.1, 0.15) is 0 Å². The van der Waals surface area contributed by atoms with Gasteiger partial charge in [-0.1, -0.05) is 6.92 Å². The van der Waals surface area contributed by atoms with Gasteiger partial charge in [-0.05, 0) is 28.4 Å². The Morgan fingerprint density at radius 2 is 2.38 bits per heavy atom. The molecule has 0 aliphatic heterocycles. The first kappa shape index (κ1) is 10.5. The minimum absolute atomic E-state index is 0.0501. The van der Waals surface area contributed by atoms with Crippen molar-refractivity contribution in [2.75, 3.05) is 6.61 Å². The van der Waals surface area contributed by atoms with E-state index in [1.54, 1.807) is 12.3 Å². The zero-order valence-corrected chi connectivity index (χ0v) is 9.04. The topological polar surface area (TPSA) is 42.4 Å². The SMILES string of the molecule is CCCOc1ncc(Br)cc1CO. The zero-order valence-electron chi connectivity index (χ0n) is 7.46. The van der Waals surface area contributed by atoms with E-state index in [1.807, 2.05) is 6.92 Å². The summed E-state index contributed by atoms with van der Waals surface area (Å²) in [5, 5.41) is 9.00. The standard InChI is InChI=1S/C9H12BrNO2/c1-2-3-13-9-7(6-12)4-8(10)5-11-9/h4-5,12H,2-3,6H2,1H3. The van der Waals surface area contributed by atoms with E-state index < -0.39 is 0 Å². The molecule has 0 saturated heterocycles. The Kier molecular flexibility index (Phi) is 4.18. The molecule has 1 N–H and O–H groups in total. The lowest BCUT2D eigenvalue weighted by Gasteiger charge is -2.07. The fourth-order valence-electron chi connectivity index (χ4n) is 0.911. The molecule has 1 heterocycles. The van der Waals surface area contributed by atoms with Crippen LogP contribution in [0.4, 0.5) is 0 Å². The molecule has 4 heteroatoms. The van der Waals surface area contributed by atoms with Crippen molar-refractivity contribution in [1.29, 1.82) is 0 Å². The molecule has 0 atom stereocenters. The van der Waals surface area contributed by atoms with Gasteiger partial charge in [0.05, 0.1) is 13.2 Å². The van der Waals surface area contributed by atoms with Crippen LogP contribution in [0.2, 0.25) is 0 Å². The maximum atomic E-state index is 9.00. The summed E-state index contributed by atoms with van der Waals surface area (Å²) in [6.07, 6.45) is 2.59. The number of ether oxygens (including phenoxy) is 1. The van der Waals surface area contributed by atoms with E-state index in [1.165, 1.54) is 0 Å². The lowest BCUT2D eigenvalue weighted by molar-refractivity contribution is 0.257. The van der Waals surface area contributed by atoms with E-state index in [2.05, 4.69) is 20.9 Å². The molecule has 13 heavy (non-hydrogen) atoms. The predicted octanol–water partition coefficient (Wildman–Crippen LogP) is 2.13. The fourth-order valence-corrected chi connectivity index (χ4v) is 1.29. The molecule has 0 aliphatic carbocycles. The third kappa shape index (κ3) is 2.97. The van der Waals surface area contributed by atoms with Crippen molar-refractivity contribution in [3.8, 4) is 5.88 Å². The Balaban J connectivity index is 2.79. The van der Waals surface area contributed by atoms with Crippen molar-refractivity contribution >= 4 is 15.9 Å². The summed E-state index contributed by atoms with van der Waals surface area (Å²) in [6.45, 7) is 2.60. The molecule has 1 aromatic heterocycles. The largest absolute Gasteiger partial charge is 0.477 e. The molecule has 0 amide bonds. The Bertz CT molecular complexity index is 278. The van der Waals surface area contributed by atoms with Crippen LogP contribution < -0.4 is 4.74 Å². The Morgan fingerprint density at radius 3 is 3.00 bits per heavy atom. The van der Waals surface area contributed by atoms with Crippen molar-refractivity contribution in [3.05, 3.63) is 22.3 Å². The minimum atomic E-state index is -0.0501. The van der Waals surface area contributed by atoms with Crippen LogP contribution in [0.1, 0.15) is 18.9 Å². The third-order valence-corrected chi connectivity index (χ3v) is 1.94. The van der Waals surface area contributed by atoms with Gasteiger partial charge in [-0.15, -0.1) is 0 Å². The highest BCUT2D eigenvalue weighted by Crippen LogP contribution is 2.19. The Hall–Kier alpha value is -0.610. The van der Waals surface area contributed by atoms with E-state index in [9.17, 15) is 0 Å². The fraction of sp³-hybridized carbons (Fsp3) is 0.444. The van der Waals surface area contributed by atoms with E-state index in [-0.39, 0.29) is 6.61 Å². The molecule has 0 fully saturated rings. The van der Waals surface area contributed by atoms with Gasteiger partial charge in [-0.25, -0.2) is 4.98 Å². The van der Waals surface area contributed by atoms with E-state index in [0.29, 0.717) is 18.1 Å². The van der Waals surface area contributed by atoms with Gasteiger partial charge < -0.3 is 9.84 Å². The monoisotopic (exact) mass is 245 g/mol. The molecule has 1 aromatic rings. The van der Waals surface area contributed by atoms with Crippen molar-refractivity contribution in [2.24, 2.45) is 0 Å². The maximum Gasteiger partial charge on any atom is 0.218 e. The molecule has 0 spiro atoms. The van der Waals surface area contributed by atoms with Crippen molar-refractivity contribution in [2.45, 2.75) is 20.0 Å². The second-order valence-electron chi connectivity index (χ2n) is 2.62. The summed E-state index contributed by atoms with van der Waals surface area (Å²) < 4.78 is 6.19. The number of hydrogen-bond donors (Lipinski definition) is 1. The van der Waals surface area contributed by atoms with Gasteiger partial charge in [0.25, 0.3) is 0 Å². The van der Waals surface area contributed by atoms with Crippen molar-refractivity contribution < 1.29 is 9.84 Å². The number of aromatic nitrogens is 1. The molecular weight excluding hydrogens is 234 g/mol. The van der Waals surface area contributed by atoms with Gasteiger partial charge in [-0.2, -0.15) is 0 Å². The first-order chi connectivity index (χ1) is 6.27. The second kappa shape index (κ2) is 5.19. The van der Waals surface area contributed by atoms with E-state index in [0.717, 1.165) is 10.9 Å². The van der Waals surface area contributed by atoms with E-state index in [4.69, 9.17) is 9.84 Å². The highest BCUT2D eigenvalue weighted by molar-refractivity contribution is 9.10. The zero-order chi connectivity index (χ0) is 9.68. The van der Waals surface area contributed by atoms with Crippen LogP contribution in [-0.4, -0.2) is 16.7 Å². The molecule has 0 unspecified atom stereocenters. The van der Waals surface area contributed by atoms with Gasteiger partial charge in [0.15, 0.2) is 0 Å². The summed E-state index contributed by atoms with van der Waals surface area (Å²) in [6, 6.07) is 1.80. The van der Waals surface area contributed by atoms with E-state index >= 15 is 0 Å². The van der Waals surface area contributed by atoms with Gasteiger partial charge >= 0.3 is 0 Å². The molecule has 72 valence electrons. The quantitative estimate of drug-likeness (QED) is 0.884. The summed E-state index contributed by atoms with van der Waals surface area (Å²) in [5.74, 6) is 0.521. The minimum Gasteiger partial charge on any atom is -0.477 e. The molecule has 0 aromatic carbocycles. The third-order valence-electron chi connectivity index (χ3n) is 1.51. The average Bonchev–Trinajstić information content (AvgIpc) is 2.16. The molecule has 1 rings (SSSR count). The average molecular weight is 246 g/mol. The molecule has 0 saturated carbocycles. The number of halogens is 1. The molecule has 3 nitrogen and oxygen atoms in total. The Morgan fingerprint density at radius 1 is 1.62 bits per heavy atom. The van der Waals surface area contributed by atoms with Gasteiger partial charge in [0, 0.05) is 16.2 Å². The van der Waals surface area contributed by atoms with Crippen molar-refractivity contribution in [3.63, 3.8) is 0 Å². The number of pyridine rings is 1. The summed E-state index contributed by atoms with van der Waals surface area (Å²) in [4.78, 5) is 4.06. The molecule has 0 bridgehead atoms. The number of rotatable bonds is 4. The Labute approximate surface area is 85.9 Å². The number of hydrogen-bond acceptors (Lipinski definition) is 3. The number of nitrogens with zero attached hydrogens (tertiary/aromatic N) is 1. The molecule has 0 radical (unpaired) electrons. The van der Waals surface area contributed by atoms with Crippen LogP contribution in [-0.2, 0) is 6.61 Å². The van der Waals surface area contributed by atoms with Crippen LogP contribution in [0.3, 0.4) is 0 Å². The molecular formula is C9H12BrNO2. The number of aliphatic hydroxyl groups is 1. The highest BCUT2D eigenvalue weighted by Gasteiger charge is 2.04. The second-order valence-corrected chi connectivity index (χ2v) is 3.54. The first-order valence-corrected chi connectivity index (χ1v) is 4.95. The normalized spacial score (nSPS) is 10.1. The number of aliphatic hydroxyl groups excluding tert-OH is 1. The van der Waals surface area contributed by atoms with Crippen LogP contribution in [0, 0.1) is 0 Å². The van der Waals surface area contributed by atoms with Crippen LogP contribution in [0.5, 0.6) is 5.88 Å². The van der Waals surface area contributed by atoms with Crippen molar-refractivity contribution in [1.82, 2.24) is 4.98 Å². The maximum absolute atomic E-state index is 9.00. The van der Waals surface area contributed by atoms with Crippen LogP contribution in [0.25, 0.3) is 0 Å². The molecule has 0 aliphatic rings. The lowest BCUT2D eigenvalue weighted by atomic mass is 10.3. The summed E-state index contributed by atoms with van der Waals surface area (Å²) >= 11 is 3.28. The first-order valence-electron chi connectivity index (χ1n) is 4.16. The summed E-state index contributed by atoms with van der Waals surface area (Å²) in [5.41, 5.74) is 0.711.